The number of anilines is 1. The molecule has 2 atom stereocenters. The molecule has 0 aliphatic heterocycles. The third-order valence-corrected chi connectivity index (χ3v) is 4.74. The lowest BCUT2D eigenvalue weighted by molar-refractivity contribution is 0.143. The third-order valence-electron chi connectivity index (χ3n) is 4.74. The van der Waals surface area contributed by atoms with Crippen LogP contribution in [-0.2, 0) is 0 Å². The third kappa shape index (κ3) is 4.44. The highest BCUT2D eigenvalue weighted by Gasteiger charge is 2.34. The number of halogens is 1. The van der Waals surface area contributed by atoms with Crippen molar-refractivity contribution in [1.82, 2.24) is 5.32 Å². The molecular weight excluding hydrogens is 263 g/mol. The molecule has 2 nitrogen and oxygen atoms in total. The molecule has 2 rings (SSSR count). The van der Waals surface area contributed by atoms with Crippen molar-refractivity contribution < 1.29 is 4.39 Å². The van der Waals surface area contributed by atoms with Gasteiger partial charge in [0.15, 0.2) is 0 Å². The first-order chi connectivity index (χ1) is 9.91. The lowest BCUT2D eigenvalue weighted by Gasteiger charge is -2.43. The van der Waals surface area contributed by atoms with Crippen LogP contribution in [0.5, 0.6) is 0 Å². The summed E-state index contributed by atoms with van der Waals surface area (Å²) in [6.45, 7) is 8.90. The zero-order valence-electron chi connectivity index (χ0n) is 13.8. The van der Waals surface area contributed by atoms with Gasteiger partial charge in [-0.15, -0.1) is 0 Å². The Bertz CT molecular complexity index is 458. The van der Waals surface area contributed by atoms with Crippen LogP contribution in [0.25, 0.3) is 0 Å². The molecule has 1 aromatic rings. The summed E-state index contributed by atoms with van der Waals surface area (Å²) in [5, 5.41) is 3.64. The highest BCUT2D eigenvalue weighted by atomic mass is 19.1. The van der Waals surface area contributed by atoms with Crippen LogP contribution in [-0.4, -0.2) is 26.2 Å². The highest BCUT2D eigenvalue weighted by Crippen LogP contribution is 2.39. The summed E-state index contributed by atoms with van der Waals surface area (Å²) in [6, 6.07) is 7.48. The maximum Gasteiger partial charge on any atom is 0.125 e. The lowest BCUT2D eigenvalue weighted by Crippen LogP contribution is -2.47. The molecule has 0 saturated heterocycles. The minimum Gasteiger partial charge on any atom is -0.374 e. The van der Waals surface area contributed by atoms with E-state index in [1.54, 1.807) is 12.1 Å². The Hall–Kier alpha value is -1.09. The molecule has 118 valence electrons. The standard InChI is InChI=1S/C18H29FN2/c1-5-20-17-9-10-18(2,3)12-14(17)13-21(4)16-8-6-7-15(19)11-16/h6-8,11,14,17,20H,5,9-10,12-13H2,1-4H3. The van der Waals surface area contributed by atoms with E-state index in [0.717, 1.165) is 18.8 Å². The van der Waals surface area contributed by atoms with E-state index in [1.165, 1.54) is 25.3 Å². The van der Waals surface area contributed by atoms with Crippen molar-refractivity contribution in [3.63, 3.8) is 0 Å². The van der Waals surface area contributed by atoms with Gasteiger partial charge in [0.2, 0.25) is 0 Å². The second-order valence-electron chi connectivity index (χ2n) is 7.19. The molecule has 1 N–H and O–H groups in total. The Kier molecular flexibility index (Phi) is 5.26. The van der Waals surface area contributed by atoms with Crippen molar-refractivity contribution in [2.24, 2.45) is 11.3 Å². The fourth-order valence-electron chi connectivity index (χ4n) is 3.63. The number of nitrogens with zero attached hydrogens (tertiary/aromatic N) is 1. The summed E-state index contributed by atoms with van der Waals surface area (Å²) in [7, 11) is 2.07. The molecular formula is C18H29FN2. The predicted octanol–water partition coefficient (Wildman–Crippen LogP) is 4.07. The molecule has 1 fully saturated rings. The Morgan fingerprint density at radius 3 is 2.81 bits per heavy atom. The summed E-state index contributed by atoms with van der Waals surface area (Å²) < 4.78 is 13.4. The van der Waals surface area contributed by atoms with Gasteiger partial charge in [-0.2, -0.15) is 0 Å². The Morgan fingerprint density at radius 1 is 1.38 bits per heavy atom. The van der Waals surface area contributed by atoms with E-state index in [1.807, 2.05) is 6.07 Å². The molecule has 0 spiro atoms. The number of rotatable bonds is 5. The fourth-order valence-corrected chi connectivity index (χ4v) is 3.63. The van der Waals surface area contributed by atoms with Crippen LogP contribution >= 0.6 is 0 Å². The molecule has 1 aromatic carbocycles. The van der Waals surface area contributed by atoms with Crippen LogP contribution in [0.4, 0.5) is 10.1 Å². The predicted molar refractivity (Wildman–Crippen MR) is 88.3 cm³/mol. The van der Waals surface area contributed by atoms with Crippen molar-refractivity contribution in [1.29, 1.82) is 0 Å². The fraction of sp³-hybridized carbons (Fsp3) is 0.667. The minimum atomic E-state index is -0.161. The van der Waals surface area contributed by atoms with Gasteiger partial charge < -0.3 is 10.2 Å². The summed E-state index contributed by atoms with van der Waals surface area (Å²) in [5.74, 6) is 0.452. The zero-order valence-corrected chi connectivity index (χ0v) is 13.8. The van der Waals surface area contributed by atoms with Crippen LogP contribution in [0.15, 0.2) is 24.3 Å². The normalized spacial score (nSPS) is 24.8. The zero-order chi connectivity index (χ0) is 15.5. The molecule has 0 aromatic heterocycles. The summed E-state index contributed by atoms with van der Waals surface area (Å²) in [5.41, 5.74) is 1.38. The number of hydrogen-bond donors (Lipinski definition) is 1. The van der Waals surface area contributed by atoms with Gasteiger partial charge in [-0.1, -0.05) is 26.8 Å². The minimum absolute atomic E-state index is 0.161. The first kappa shape index (κ1) is 16.3. The molecule has 0 amide bonds. The van der Waals surface area contributed by atoms with E-state index in [2.05, 4.69) is 38.0 Å². The summed E-state index contributed by atoms with van der Waals surface area (Å²) in [4.78, 5) is 2.19. The van der Waals surface area contributed by atoms with E-state index >= 15 is 0 Å². The van der Waals surface area contributed by atoms with Crippen LogP contribution < -0.4 is 10.2 Å². The quantitative estimate of drug-likeness (QED) is 0.880. The first-order valence-electron chi connectivity index (χ1n) is 8.11. The average Bonchev–Trinajstić information content (AvgIpc) is 2.41. The van der Waals surface area contributed by atoms with Gasteiger partial charge in [0.05, 0.1) is 0 Å². The number of hydrogen-bond acceptors (Lipinski definition) is 2. The Labute approximate surface area is 128 Å². The van der Waals surface area contributed by atoms with E-state index in [0.29, 0.717) is 17.4 Å². The average molecular weight is 292 g/mol. The maximum atomic E-state index is 13.4. The first-order valence-corrected chi connectivity index (χ1v) is 8.11. The van der Waals surface area contributed by atoms with Gasteiger partial charge in [-0.05, 0) is 55.3 Å². The molecule has 3 heteroatoms. The van der Waals surface area contributed by atoms with Crippen LogP contribution in [0.2, 0.25) is 0 Å². The summed E-state index contributed by atoms with van der Waals surface area (Å²) >= 11 is 0. The van der Waals surface area contributed by atoms with Crippen molar-refractivity contribution in [3.8, 4) is 0 Å². The van der Waals surface area contributed by atoms with Crippen molar-refractivity contribution in [2.75, 3.05) is 25.0 Å². The Morgan fingerprint density at radius 2 is 2.14 bits per heavy atom. The summed E-state index contributed by atoms with van der Waals surface area (Å²) in [6.07, 6.45) is 3.75. The van der Waals surface area contributed by atoms with Gasteiger partial charge in [0.1, 0.15) is 5.82 Å². The van der Waals surface area contributed by atoms with E-state index in [9.17, 15) is 4.39 Å². The molecule has 2 unspecified atom stereocenters. The van der Waals surface area contributed by atoms with E-state index in [-0.39, 0.29) is 5.82 Å². The second-order valence-corrected chi connectivity index (χ2v) is 7.19. The molecule has 0 bridgehead atoms. The second kappa shape index (κ2) is 6.78. The van der Waals surface area contributed by atoms with Crippen LogP contribution in [0, 0.1) is 17.2 Å². The van der Waals surface area contributed by atoms with Crippen molar-refractivity contribution in [2.45, 2.75) is 46.1 Å². The largest absolute Gasteiger partial charge is 0.374 e. The van der Waals surface area contributed by atoms with Crippen molar-refractivity contribution >= 4 is 5.69 Å². The molecule has 1 saturated carbocycles. The molecule has 0 heterocycles. The smallest absolute Gasteiger partial charge is 0.125 e. The van der Waals surface area contributed by atoms with E-state index < -0.39 is 0 Å². The van der Waals surface area contributed by atoms with Gasteiger partial charge in [-0.25, -0.2) is 4.39 Å². The topological polar surface area (TPSA) is 15.3 Å². The highest BCUT2D eigenvalue weighted by molar-refractivity contribution is 5.45. The van der Waals surface area contributed by atoms with Gasteiger partial charge in [0.25, 0.3) is 0 Å². The van der Waals surface area contributed by atoms with Crippen LogP contribution in [0.1, 0.15) is 40.0 Å². The molecule has 0 radical (unpaired) electrons. The Balaban J connectivity index is 2.06. The lowest BCUT2D eigenvalue weighted by atomic mass is 9.69. The maximum absolute atomic E-state index is 13.4. The SMILES string of the molecule is CCNC1CCC(C)(C)CC1CN(C)c1cccc(F)c1. The monoisotopic (exact) mass is 292 g/mol. The van der Waals surface area contributed by atoms with Gasteiger partial charge in [-0.3, -0.25) is 0 Å². The number of nitrogens with one attached hydrogen (secondary N) is 1. The van der Waals surface area contributed by atoms with Gasteiger partial charge >= 0.3 is 0 Å². The van der Waals surface area contributed by atoms with Crippen LogP contribution in [0.3, 0.4) is 0 Å². The molecule has 1 aliphatic carbocycles. The number of benzene rings is 1. The van der Waals surface area contributed by atoms with Gasteiger partial charge in [0, 0.05) is 25.3 Å². The van der Waals surface area contributed by atoms with E-state index in [4.69, 9.17) is 0 Å². The molecule has 1 aliphatic rings. The molecule has 21 heavy (non-hydrogen) atoms. The van der Waals surface area contributed by atoms with Crippen molar-refractivity contribution in [3.05, 3.63) is 30.1 Å².